The van der Waals surface area contributed by atoms with E-state index in [4.69, 9.17) is 0 Å². The fraction of sp³-hybridized carbons (Fsp3) is 0.714. The molecule has 0 nitrogen and oxygen atoms in total. The molecule has 1 atom stereocenters. The van der Waals surface area contributed by atoms with E-state index in [-0.39, 0.29) is 0 Å². The Morgan fingerprint density at radius 3 is 2.88 bits per heavy atom. The van der Waals surface area contributed by atoms with E-state index in [2.05, 4.69) is 28.9 Å². The van der Waals surface area contributed by atoms with E-state index in [1.165, 1.54) is 24.8 Å². The molecule has 8 heavy (non-hydrogen) atoms. The van der Waals surface area contributed by atoms with Crippen LogP contribution < -0.4 is 0 Å². The molecule has 1 rings (SSSR count). The van der Waals surface area contributed by atoms with E-state index in [1.54, 1.807) is 0 Å². The lowest BCUT2D eigenvalue weighted by atomic mass is 10.0. The Morgan fingerprint density at radius 2 is 2.50 bits per heavy atom. The number of rotatable bonds is 0. The van der Waals surface area contributed by atoms with E-state index in [1.807, 2.05) is 0 Å². The largest absolute Gasteiger partial charge is 0.0887 e. The summed E-state index contributed by atoms with van der Waals surface area (Å²) in [6.45, 7) is 2.20. The zero-order valence-corrected chi connectivity index (χ0v) is 6.74. The highest BCUT2D eigenvalue weighted by atomic mass is 79.9. The van der Waals surface area contributed by atoms with Crippen molar-refractivity contribution in [3.05, 3.63) is 11.6 Å². The predicted octanol–water partition coefficient (Wildman–Crippen LogP) is 2.88. The van der Waals surface area contributed by atoms with E-state index in [0.29, 0.717) is 0 Å². The molecule has 46 valence electrons. The lowest BCUT2D eigenvalue weighted by molar-refractivity contribution is 0.729. The number of halogens is 1. The van der Waals surface area contributed by atoms with E-state index >= 15 is 0 Å². The highest BCUT2D eigenvalue weighted by Gasteiger charge is 2.07. The van der Waals surface area contributed by atoms with E-state index in [0.717, 1.165) is 4.83 Å². The van der Waals surface area contributed by atoms with Crippen molar-refractivity contribution in [1.82, 2.24) is 0 Å². The average molecular weight is 175 g/mol. The van der Waals surface area contributed by atoms with Gasteiger partial charge in [-0.3, -0.25) is 0 Å². The van der Waals surface area contributed by atoms with Crippen LogP contribution in [0.5, 0.6) is 0 Å². The molecule has 1 aliphatic carbocycles. The summed E-state index contributed by atoms with van der Waals surface area (Å²) in [5.74, 6) is 0. The topological polar surface area (TPSA) is 0 Å². The maximum atomic E-state index is 3.59. The fourth-order valence-electron chi connectivity index (χ4n) is 1.05. The molecular formula is C7H11Br. The molecule has 0 fully saturated rings. The van der Waals surface area contributed by atoms with Crippen LogP contribution in [0.25, 0.3) is 0 Å². The van der Waals surface area contributed by atoms with Gasteiger partial charge in [-0.1, -0.05) is 27.6 Å². The SMILES string of the molecule is CC1=CCCC(Br)C1. The molecule has 0 saturated heterocycles. The molecule has 1 heteroatoms. The van der Waals surface area contributed by atoms with Crippen molar-refractivity contribution in [2.24, 2.45) is 0 Å². The van der Waals surface area contributed by atoms with Gasteiger partial charge < -0.3 is 0 Å². The zero-order valence-electron chi connectivity index (χ0n) is 5.15. The minimum Gasteiger partial charge on any atom is -0.0887 e. The average Bonchev–Trinajstić information content (AvgIpc) is 1.64. The smallest absolute Gasteiger partial charge is 0.0185 e. The first-order chi connectivity index (χ1) is 3.79. The van der Waals surface area contributed by atoms with Gasteiger partial charge in [-0.25, -0.2) is 0 Å². The summed E-state index contributed by atoms with van der Waals surface area (Å²) in [4.78, 5) is 0.757. The Kier molecular flexibility index (Phi) is 2.12. The first-order valence-corrected chi connectivity index (χ1v) is 4.00. The first kappa shape index (κ1) is 6.34. The molecule has 0 heterocycles. The van der Waals surface area contributed by atoms with E-state index < -0.39 is 0 Å². The van der Waals surface area contributed by atoms with Gasteiger partial charge >= 0.3 is 0 Å². The Hall–Kier alpha value is 0.220. The Labute approximate surface area is 59.1 Å². The van der Waals surface area contributed by atoms with Gasteiger partial charge in [0.2, 0.25) is 0 Å². The maximum Gasteiger partial charge on any atom is 0.0185 e. The number of hydrogen-bond acceptors (Lipinski definition) is 0. The number of alkyl halides is 1. The van der Waals surface area contributed by atoms with Gasteiger partial charge in [-0.15, -0.1) is 0 Å². The molecule has 1 aliphatic rings. The van der Waals surface area contributed by atoms with Gasteiger partial charge in [0.05, 0.1) is 0 Å². The molecular weight excluding hydrogens is 164 g/mol. The van der Waals surface area contributed by atoms with Crippen LogP contribution in [0.15, 0.2) is 11.6 Å². The third kappa shape index (κ3) is 1.62. The highest BCUT2D eigenvalue weighted by molar-refractivity contribution is 9.09. The Balaban J connectivity index is 2.45. The van der Waals surface area contributed by atoms with Crippen LogP contribution in [0.1, 0.15) is 26.2 Å². The summed E-state index contributed by atoms with van der Waals surface area (Å²) in [5, 5.41) is 0. The van der Waals surface area contributed by atoms with Crippen LogP contribution >= 0.6 is 15.9 Å². The van der Waals surface area contributed by atoms with Crippen LogP contribution in [-0.2, 0) is 0 Å². The molecule has 0 aromatic carbocycles. The summed E-state index contributed by atoms with van der Waals surface area (Å²) in [7, 11) is 0. The Morgan fingerprint density at radius 1 is 1.75 bits per heavy atom. The second kappa shape index (κ2) is 2.67. The van der Waals surface area contributed by atoms with Crippen molar-refractivity contribution >= 4 is 15.9 Å². The Bertz CT molecular complexity index is 105. The van der Waals surface area contributed by atoms with Crippen molar-refractivity contribution in [3.63, 3.8) is 0 Å². The molecule has 0 saturated carbocycles. The summed E-state index contributed by atoms with van der Waals surface area (Å²) in [6, 6.07) is 0. The molecule has 0 spiro atoms. The van der Waals surface area contributed by atoms with Crippen molar-refractivity contribution in [3.8, 4) is 0 Å². The minimum atomic E-state index is 0.757. The number of allylic oxidation sites excluding steroid dienone is 2. The number of hydrogen-bond donors (Lipinski definition) is 0. The molecule has 0 aliphatic heterocycles. The monoisotopic (exact) mass is 174 g/mol. The molecule has 0 aromatic rings. The van der Waals surface area contributed by atoms with Gasteiger partial charge in [0.15, 0.2) is 0 Å². The second-order valence-electron chi connectivity index (χ2n) is 2.43. The van der Waals surface area contributed by atoms with Crippen molar-refractivity contribution in [2.75, 3.05) is 0 Å². The molecule has 0 bridgehead atoms. The van der Waals surface area contributed by atoms with Crippen LogP contribution in [0.4, 0.5) is 0 Å². The highest BCUT2D eigenvalue weighted by Crippen LogP contribution is 2.22. The summed E-state index contributed by atoms with van der Waals surface area (Å²) < 4.78 is 0. The van der Waals surface area contributed by atoms with Gasteiger partial charge in [-0.2, -0.15) is 0 Å². The molecule has 0 amide bonds. The summed E-state index contributed by atoms with van der Waals surface area (Å²) >= 11 is 3.59. The standard InChI is InChI=1S/C7H11Br/c1-6-3-2-4-7(8)5-6/h3,7H,2,4-5H2,1H3. The fourth-order valence-corrected chi connectivity index (χ4v) is 1.82. The van der Waals surface area contributed by atoms with Gasteiger partial charge in [0.1, 0.15) is 0 Å². The molecule has 0 radical (unpaired) electrons. The van der Waals surface area contributed by atoms with Crippen LogP contribution in [0.3, 0.4) is 0 Å². The predicted molar refractivity (Wildman–Crippen MR) is 40.3 cm³/mol. The second-order valence-corrected chi connectivity index (χ2v) is 3.72. The molecule has 1 unspecified atom stereocenters. The van der Waals surface area contributed by atoms with Crippen LogP contribution in [0.2, 0.25) is 0 Å². The summed E-state index contributed by atoms with van der Waals surface area (Å²) in [5.41, 5.74) is 1.54. The van der Waals surface area contributed by atoms with E-state index in [9.17, 15) is 0 Å². The van der Waals surface area contributed by atoms with Crippen molar-refractivity contribution in [2.45, 2.75) is 31.0 Å². The minimum absolute atomic E-state index is 0.757. The van der Waals surface area contributed by atoms with Crippen LogP contribution in [0, 0.1) is 0 Å². The molecule has 0 N–H and O–H groups in total. The lowest BCUT2D eigenvalue weighted by Gasteiger charge is -2.13. The van der Waals surface area contributed by atoms with Crippen molar-refractivity contribution in [1.29, 1.82) is 0 Å². The maximum absolute atomic E-state index is 3.59. The van der Waals surface area contributed by atoms with Gasteiger partial charge in [0, 0.05) is 4.83 Å². The normalized spacial score (nSPS) is 29.8. The van der Waals surface area contributed by atoms with Crippen molar-refractivity contribution < 1.29 is 0 Å². The summed E-state index contributed by atoms with van der Waals surface area (Å²) in [6.07, 6.45) is 6.16. The third-order valence-corrected chi connectivity index (χ3v) is 2.30. The third-order valence-electron chi connectivity index (χ3n) is 1.52. The zero-order chi connectivity index (χ0) is 5.98. The molecule has 0 aromatic heterocycles. The van der Waals surface area contributed by atoms with Gasteiger partial charge in [0.25, 0.3) is 0 Å². The van der Waals surface area contributed by atoms with Gasteiger partial charge in [-0.05, 0) is 26.2 Å². The first-order valence-electron chi connectivity index (χ1n) is 3.09. The van der Waals surface area contributed by atoms with Crippen LogP contribution in [-0.4, -0.2) is 4.83 Å². The quantitative estimate of drug-likeness (QED) is 0.392. The lowest BCUT2D eigenvalue weighted by Crippen LogP contribution is -2.02.